The van der Waals surface area contributed by atoms with E-state index < -0.39 is 0 Å². The number of fused-ring (bicyclic) bond motifs is 20. The van der Waals surface area contributed by atoms with Crippen molar-refractivity contribution in [2.75, 3.05) is 45.9 Å². The number of rotatable bonds is 0. The molecule has 18 N–H and O–H groups in total. The Balaban J connectivity index is 1.52. The van der Waals surface area contributed by atoms with Crippen LogP contribution in [0.3, 0.4) is 0 Å². The van der Waals surface area contributed by atoms with E-state index in [1.807, 2.05) is 0 Å². The van der Waals surface area contributed by atoms with Crippen LogP contribution in [0.25, 0.3) is 90.7 Å². The maximum Gasteiger partial charge on any atom is 0.184 e. The van der Waals surface area contributed by atoms with Crippen LogP contribution < -0.4 is 45.9 Å². The minimum Gasteiger partial charge on any atom is -0.381 e. The molecule has 0 fully saturated rings. The van der Waals surface area contributed by atoms with Gasteiger partial charge >= 0.3 is 0 Å². The van der Waals surface area contributed by atoms with Crippen molar-refractivity contribution in [3.8, 4) is 46.1 Å². The number of aromatic nitrogens is 16. The monoisotopic (exact) mass is 642 g/mol. The molecule has 0 aliphatic carbocycles. The third kappa shape index (κ3) is 3.63. The van der Waals surface area contributed by atoms with E-state index in [2.05, 4.69) is 79.7 Å². The van der Waals surface area contributed by atoms with Crippen LogP contribution in [-0.2, 0) is 0 Å². The first-order chi connectivity index (χ1) is 23.0. The van der Waals surface area contributed by atoms with Crippen molar-refractivity contribution in [3.63, 3.8) is 0 Å². The molecule has 0 radical (unpaired) electrons. The summed E-state index contributed by atoms with van der Waals surface area (Å²) < 4.78 is 0. The van der Waals surface area contributed by atoms with E-state index in [1.165, 1.54) is 0 Å². The summed E-state index contributed by atoms with van der Waals surface area (Å²) in [5, 5.41) is 0. The second-order valence-corrected chi connectivity index (χ2v) is 10.4. The first-order valence-corrected chi connectivity index (χ1v) is 13.6. The fraction of sp³-hybridized carbons (Fsp3) is 0. The van der Waals surface area contributed by atoms with Crippen molar-refractivity contribution in [2.24, 2.45) is 0 Å². The normalized spacial score (nSPS) is 12.0. The lowest BCUT2D eigenvalue weighted by Gasteiger charge is -2.02. The van der Waals surface area contributed by atoms with Crippen LogP contribution >= 0.6 is 0 Å². The van der Waals surface area contributed by atoms with E-state index in [-0.39, 0.29) is 137 Å². The van der Waals surface area contributed by atoms with E-state index in [9.17, 15) is 0 Å². The Morgan fingerprint density at radius 2 is 0.458 bits per heavy atom. The lowest BCUT2D eigenvalue weighted by atomic mass is 10.3. The van der Waals surface area contributed by atoms with Gasteiger partial charge in [0.05, 0.1) is 0 Å². The summed E-state index contributed by atoms with van der Waals surface area (Å²) in [7, 11) is 0. The van der Waals surface area contributed by atoms with Crippen molar-refractivity contribution >= 4 is 91.2 Å². The third-order valence-corrected chi connectivity index (χ3v) is 7.32. The summed E-state index contributed by atoms with van der Waals surface area (Å²) in [6, 6.07) is 0. The van der Waals surface area contributed by atoms with Gasteiger partial charge in [-0.15, -0.1) is 0 Å². The van der Waals surface area contributed by atoms with Crippen molar-refractivity contribution in [2.45, 2.75) is 0 Å². The van der Waals surface area contributed by atoms with Crippen molar-refractivity contribution in [1.29, 1.82) is 0 Å². The molecule has 0 spiro atoms. The molecule has 0 saturated heterocycles. The Morgan fingerprint density at radius 1 is 0.250 bits per heavy atom. The molecule has 24 heteroatoms. The average molecular weight is 643 g/mol. The van der Waals surface area contributed by atoms with Gasteiger partial charge in [0.2, 0.25) is 0 Å². The summed E-state index contributed by atoms with van der Waals surface area (Å²) in [5.74, 6) is -0.295. The number of nitrogen functional groups attached to an aromatic ring is 8. The zero-order valence-electron chi connectivity index (χ0n) is 23.9. The highest BCUT2D eigenvalue weighted by molar-refractivity contribution is 6.02. The number of hydrogen-bond donors (Lipinski definition) is 10. The molecule has 2 aliphatic rings. The van der Waals surface area contributed by atoms with Gasteiger partial charge in [-0.25, -0.2) is 69.8 Å². The fourth-order valence-corrected chi connectivity index (χ4v) is 5.06. The van der Waals surface area contributed by atoms with Gasteiger partial charge in [-0.1, -0.05) is 0 Å². The highest BCUT2D eigenvalue weighted by Gasteiger charge is 2.28. The molecule has 9 rings (SSSR count). The molecule has 9 heterocycles. The molecule has 24 nitrogen and oxygen atoms in total. The largest absolute Gasteiger partial charge is 0.381 e. The molecule has 0 amide bonds. The minimum absolute atomic E-state index is 0.0332. The molecule has 7 aromatic rings. The summed E-state index contributed by atoms with van der Waals surface area (Å²) >= 11 is 0. The number of nitrogens with zero attached hydrogens (tertiary/aromatic N) is 14. The fourth-order valence-electron chi connectivity index (χ4n) is 5.06. The van der Waals surface area contributed by atoms with Gasteiger partial charge in [-0.05, 0) is 0 Å². The number of aromatic amines is 2. The number of nitrogens with one attached hydrogen (secondary N) is 2. The van der Waals surface area contributed by atoms with Crippen molar-refractivity contribution in [3.05, 3.63) is 0 Å². The standard InChI is InChI=1S/C24H18N24/c25-9-10(26)34-2-1(33-9)17-41-18(2)46-20-5-6(38-14(30)13(29)37-5)22(43-20)48-24-8-7(39-15(31)16(32)40-8)23(44-24)47-21-4-3(19(42-21)45-17)35-11(27)12(28)36-4/h(H2,25,33)(H2,26,34)(H2,27,35)(H2,28,36)(H2,29,37)(H2,30,38)(H2,31,39)(H2,32,40)(H2,41,42,43,44,45,46,47,48). The molecule has 234 valence electrons. The number of anilines is 8. The Hall–Kier alpha value is -7.92. The van der Waals surface area contributed by atoms with Gasteiger partial charge in [0.25, 0.3) is 0 Å². The lowest BCUT2D eigenvalue weighted by Crippen LogP contribution is -2.03. The highest BCUT2D eigenvalue weighted by atomic mass is 15.2. The Kier molecular flexibility index (Phi) is 4.87. The molecule has 2 aliphatic heterocycles. The molecule has 0 aromatic carbocycles. The smallest absolute Gasteiger partial charge is 0.184 e. The number of hydrogen-bond acceptors (Lipinski definition) is 22. The van der Waals surface area contributed by atoms with Crippen LogP contribution in [0.4, 0.5) is 46.5 Å². The zero-order valence-corrected chi connectivity index (χ0v) is 23.9. The van der Waals surface area contributed by atoms with Gasteiger partial charge in [0, 0.05) is 0 Å². The van der Waals surface area contributed by atoms with Gasteiger partial charge in [-0.2, -0.15) is 0 Å². The first kappa shape index (κ1) is 26.5. The van der Waals surface area contributed by atoms with E-state index in [0.717, 1.165) is 0 Å². The third-order valence-electron chi connectivity index (χ3n) is 7.32. The quantitative estimate of drug-likeness (QED) is 0.0916. The number of H-pyrrole nitrogens is 2. The Labute approximate surface area is 263 Å². The van der Waals surface area contributed by atoms with Gasteiger partial charge < -0.3 is 55.8 Å². The van der Waals surface area contributed by atoms with Gasteiger partial charge in [0.1, 0.15) is 44.8 Å². The summed E-state index contributed by atoms with van der Waals surface area (Å²) in [6.07, 6.45) is 0. The van der Waals surface area contributed by atoms with Crippen LogP contribution in [-0.4, -0.2) is 79.7 Å². The zero-order chi connectivity index (χ0) is 33.2. The molecule has 48 heavy (non-hydrogen) atoms. The molecule has 0 saturated carbocycles. The Morgan fingerprint density at radius 3 is 0.688 bits per heavy atom. The summed E-state index contributed by atoms with van der Waals surface area (Å²) in [5.41, 5.74) is 50.1. The number of nitrogens with two attached hydrogens (primary N) is 8. The van der Waals surface area contributed by atoms with Crippen LogP contribution in [0.5, 0.6) is 0 Å². The maximum atomic E-state index is 6.03. The maximum absolute atomic E-state index is 6.03. The van der Waals surface area contributed by atoms with E-state index in [1.54, 1.807) is 0 Å². The van der Waals surface area contributed by atoms with Gasteiger partial charge in [0.15, 0.2) is 92.4 Å². The average Bonchev–Trinajstić information content (AvgIpc) is 3.74. The molecule has 0 unspecified atom stereocenters. The summed E-state index contributed by atoms with van der Waals surface area (Å²) in [4.78, 5) is 69.2. The minimum atomic E-state index is -0.0566. The molecular weight excluding hydrogens is 624 g/mol. The van der Waals surface area contributed by atoms with E-state index in [4.69, 9.17) is 45.9 Å². The topological polar surface area (TPSA) is 420 Å². The van der Waals surface area contributed by atoms with Crippen molar-refractivity contribution in [1.82, 2.24) is 79.7 Å². The first-order valence-electron chi connectivity index (χ1n) is 13.6. The van der Waals surface area contributed by atoms with E-state index >= 15 is 0 Å². The molecule has 0 atom stereocenters. The van der Waals surface area contributed by atoms with Crippen molar-refractivity contribution < 1.29 is 0 Å². The highest BCUT2D eigenvalue weighted by Crippen LogP contribution is 2.36. The SMILES string of the molecule is Nc1nc2c(nc1N)-c1nc-2nc2[nH]c(nc3nc(nc4[nH]c(n1)c1nc(N)c(N)nc41)-c1nc(N)c(N)nc1-3)c1nc(N)c(N)nc21. The predicted molar refractivity (Wildman–Crippen MR) is 174 cm³/mol. The van der Waals surface area contributed by atoms with Crippen LogP contribution in [0.2, 0.25) is 0 Å². The second kappa shape index (κ2) is 8.84. The van der Waals surface area contributed by atoms with Crippen LogP contribution in [0.15, 0.2) is 0 Å². The second-order valence-electron chi connectivity index (χ2n) is 10.4. The molecule has 8 bridgehead atoms. The lowest BCUT2D eigenvalue weighted by molar-refractivity contribution is 1.18. The molecular formula is C24H18N24. The Bertz CT molecular complexity index is 2410. The van der Waals surface area contributed by atoms with Crippen LogP contribution in [0.1, 0.15) is 0 Å². The van der Waals surface area contributed by atoms with Crippen LogP contribution in [0, 0.1) is 0 Å². The predicted octanol–water partition coefficient (Wildman–Crippen LogP) is -1.31. The summed E-state index contributed by atoms with van der Waals surface area (Å²) in [6.45, 7) is 0. The van der Waals surface area contributed by atoms with E-state index in [0.29, 0.717) is 0 Å². The van der Waals surface area contributed by atoms with Gasteiger partial charge in [-0.3, -0.25) is 0 Å². The molecule has 7 aromatic heterocycles.